The van der Waals surface area contributed by atoms with E-state index in [0.29, 0.717) is 0 Å². The quantitative estimate of drug-likeness (QED) is 0.921. The highest BCUT2D eigenvalue weighted by atomic mass is 32.1. The predicted molar refractivity (Wildman–Crippen MR) is 80.8 cm³/mol. The van der Waals surface area contributed by atoms with Gasteiger partial charge in [0.2, 0.25) is 0 Å². The number of likely N-dealkylation sites (tertiary alicyclic amines) is 1. The Kier molecular flexibility index (Phi) is 3.92. The molecule has 0 radical (unpaired) electrons. The van der Waals surface area contributed by atoms with Crippen molar-refractivity contribution in [1.82, 2.24) is 15.2 Å². The Morgan fingerprint density at radius 1 is 1.32 bits per heavy atom. The Labute approximate surface area is 120 Å². The third-order valence-corrected chi connectivity index (χ3v) is 5.81. The lowest BCUT2D eigenvalue weighted by Crippen LogP contribution is -2.53. The molecule has 0 aromatic carbocycles. The number of rotatable bonds is 3. The van der Waals surface area contributed by atoms with Crippen LogP contribution in [0.1, 0.15) is 48.2 Å². The highest BCUT2D eigenvalue weighted by Gasteiger charge is 2.38. The molecule has 1 N–H and O–H groups in total. The molecule has 1 aromatic rings. The molecule has 1 fully saturated rings. The van der Waals surface area contributed by atoms with Gasteiger partial charge in [0.05, 0.1) is 11.2 Å². The molecule has 1 atom stereocenters. The average molecular weight is 279 g/mol. The summed E-state index contributed by atoms with van der Waals surface area (Å²) in [6.45, 7) is 5.56. The number of piperidine rings is 1. The summed E-state index contributed by atoms with van der Waals surface area (Å²) in [4.78, 5) is 9.04. The SMILES string of the molecule is CCNC1(c2nc3c(s2)CCCC3)CCCN(C)C1. The lowest BCUT2D eigenvalue weighted by atomic mass is 9.89. The highest BCUT2D eigenvalue weighted by molar-refractivity contribution is 7.11. The lowest BCUT2D eigenvalue weighted by Gasteiger charge is -2.40. The first-order valence-electron chi connectivity index (χ1n) is 7.66. The molecule has 3 nitrogen and oxygen atoms in total. The molecular formula is C15H25N3S. The van der Waals surface area contributed by atoms with Gasteiger partial charge in [-0.2, -0.15) is 0 Å². The Bertz CT molecular complexity index is 415. The number of fused-ring (bicyclic) bond motifs is 1. The van der Waals surface area contributed by atoms with Gasteiger partial charge in [-0.3, -0.25) is 0 Å². The van der Waals surface area contributed by atoms with Crippen molar-refractivity contribution in [1.29, 1.82) is 0 Å². The molecule has 0 saturated carbocycles. The molecule has 1 aromatic heterocycles. The molecule has 2 heterocycles. The van der Waals surface area contributed by atoms with Crippen molar-refractivity contribution in [2.75, 3.05) is 26.7 Å². The maximum Gasteiger partial charge on any atom is 0.115 e. The summed E-state index contributed by atoms with van der Waals surface area (Å²) in [6, 6.07) is 0. The molecule has 1 aliphatic heterocycles. The van der Waals surface area contributed by atoms with Crippen LogP contribution in [-0.2, 0) is 18.4 Å². The number of nitrogens with one attached hydrogen (secondary N) is 1. The normalized spacial score (nSPS) is 28.3. The van der Waals surface area contributed by atoms with Crippen LogP contribution in [0.25, 0.3) is 0 Å². The van der Waals surface area contributed by atoms with Gasteiger partial charge >= 0.3 is 0 Å². The zero-order valence-electron chi connectivity index (χ0n) is 12.2. The van der Waals surface area contributed by atoms with E-state index in [1.165, 1.54) is 55.8 Å². The van der Waals surface area contributed by atoms with Crippen molar-refractivity contribution in [3.05, 3.63) is 15.6 Å². The topological polar surface area (TPSA) is 28.2 Å². The van der Waals surface area contributed by atoms with E-state index >= 15 is 0 Å². The van der Waals surface area contributed by atoms with Crippen LogP contribution in [0.3, 0.4) is 0 Å². The number of hydrogen-bond donors (Lipinski definition) is 1. The van der Waals surface area contributed by atoms with E-state index < -0.39 is 0 Å². The molecule has 0 amide bonds. The Hall–Kier alpha value is -0.450. The molecule has 1 unspecified atom stereocenters. The van der Waals surface area contributed by atoms with E-state index in [4.69, 9.17) is 4.98 Å². The first kappa shape index (κ1) is 13.5. The Morgan fingerprint density at radius 2 is 2.16 bits per heavy atom. The summed E-state index contributed by atoms with van der Waals surface area (Å²) in [5, 5.41) is 5.11. The van der Waals surface area contributed by atoms with Gasteiger partial charge in [-0.1, -0.05) is 6.92 Å². The maximum atomic E-state index is 5.03. The molecule has 1 saturated heterocycles. The second-order valence-corrected chi connectivity index (χ2v) is 7.13. The smallest absolute Gasteiger partial charge is 0.115 e. The predicted octanol–water partition coefficient (Wildman–Crippen LogP) is 2.55. The standard InChI is InChI=1S/C15H25N3S/c1-3-16-15(9-6-10-18(2)11-15)14-17-12-7-4-5-8-13(12)19-14/h16H,3-11H2,1-2H3. The number of aryl methyl sites for hydroxylation is 2. The van der Waals surface area contributed by atoms with Gasteiger partial charge < -0.3 is 10.2 Å². The zero-order chi connectivity index (χ0) is 13.3. The first-order valence-corrected chi connectivity index (χ1v) is 8.48. The van der Waals surface area contributed by atoms with Gasteiger partial charge in [0.25, 0.3) is 0 Å². The number of likely N-dealkylation sites (N-methyl/N-ethyl adjacent to an activating group) is 2. The monoisotopic (exact) mass is 279 g/mol. The largest absolute Gasteiger partial charge is 0.305 e. The summed E-state index contributed by atoms with van der Waals surface area (Å²) in [5.74, 6) is 0. The Balaban J connectivity index is 1.92. The van der Waals surface area contributed by atoms with Crippen molar-refractivity contribution in [3.8, 4) is 0 Å². The van der Waals surface area contributed by atoms with Crippen molar-refractivity contribution in [2.24, 2.45) is 0 Å². The average Bonchev–Trinajstić information content (AvgIpc) is 2.83. The summed E-state index contributed by atoms with van der Waals surface area (Å²) in [6.07, 6.45) is 7.63. The van der Waals surface area contributed by atoms with Gasteiger partial charge in [-0.25, -0.2) is 4.98 Å². The van der Waals surface area contributed by atoms with Crippen LogP contribution in [0.4, 0.5) is 0 Å². The van der Waals surface area contributed by atoms with Gasteiger partial charge in [0, 0.05) is 11.4 Å². The van der Waals surface area contributed by atoms with Gasteiger partial charge in [-0.05, 0) is 58.7 Å². The van der Waals surface area contributed by atoms with Gasteiger partial charge in [0.1, 0.15) is 5.01 Å². The summed E-state index contributed by atoms with van der Waals surface area (Å²) in [5.41, 5.74) is 1.51. The molecule has 3 rings (SSSR count). The molecule has 0 bridgehead atoms. The van der Waals surface area contributed by atoms with Crippen LogP contribution < -0.4 is 5.32 Å². The van der Waals surface area contributed by atoms with E-state index in [9.17, 15) is 0 Å². The minimum absolute atomic E-state index is 0.115. The van der Waals surface area contributed by atoms with E-state index in [-0.39, 0.29) is 5.54 Å². The van der Waals surface area contributed by atoms with Crippen molar-refractivity contribution in [2.45, 2.75) is 51.0 Å². The second kappa shape index (κ2) is 5.51. The molecule has 0 spiro atoms. The van der Waals surface area contributed by atoms with Gasteiger partial charge in [0.15, 0.2) is 0 Å². The summed E-state index contributed by atoms with van der Waals surface area (Å²) in [7, 11) is 2.23. The van der Waals surface area contributed by atoms with E-state index in [0.717, 1.165) is 13.1 Å². The van der Waals surface area contributed by atoms with Gasteiger partial charge in [-0.15, -0.1) is 11.3 Å². The number of aromatic nitrogens is 1. The van der Waals surface area contributed by atoms with Crippen LogP contribution in [0.15, 0.2) is 0 Å². The molecular weight excluding hydrogens is 254 g/mol. The van der Waals surface area contributed by atoms with E-state index in [1.807, 2.05) is 11.3 Å². The maximum absolute atomic E-state index is 5.03. The number of hydrogen-bond acceptors (Lipinski definition) is 4. The minimum Gasteiger partial charge on any atom is -0.305 e. The fourth-order valence-corrected chi connectivity index (χ4v) is 4.89. The van der Waals surface area contributed by atoms with E-state index in [2.05, 4.69) is 24.2 Å². The minimum atomic E-state index is 0.115. The molecule has 2 aliphatic rings. The third kappa shape index (κ3) is 2.58. The summed E-state index contributed by atoms with van der Waals surface area (Å²) < 4.78 is 0. The molecule has 4 heteroatoms. The highest BCUT2D eigenvalue weighted by Crippen LogP contribution is 2.37. The first-order chi connectivity index (χ1) is 9.23. The zero-order valence-corrected chi connectivity index (χ0v) is 13.0. The van der Waals surface area contributed by atoms with Crippen LogP contribution in [0.2, 0.25) is 0 Å². The summed E-state index contributed by atoms with van der Waals surface area (Å²) >= 11 is 1.98. The van der Waals surface area contributed by atoms with Crippen LogP contribution in [0, 0.1) is 0 Å². The number of thiazole rings is 1. The van der Waals surface area contributed by atoms with Crippen molar-refractivity contribution >= 4 is 11.3 Å². The van der Waals surface area contributed by atoms with Crippen molar-refractivity contribution < 1.29 is 0 Å². The Morgan fingerprint density at radius 3 is 2.89 bits per heavy atom. The van der Waals surface area contributed by atoms with Crippen LogP contribution >= 0.6 is 11.3 Å². The fourth-order valence-electron chi connectivity index (χ4n) is 3.56. The van der Waals surface area contributed by atoms with Crippen LogP contribution in [0.5, 0.6) is 0 Å². The second-order valence-electron chi connectivity index (χ2n) is 6.05. The van der Waals surface area contributed by atoms with Crippen LogP contribution in [-0.4, -0.2) is 36.6 Å². The third-order valence-electron chi connectivity index (χ3n) is 4.45. The number of nitrogens with zero attached hydrogens (tertiary/aromatic N) is 2. The van der Waals surface area contributed by atoms with E-state index in [1.54, 1.807) is 4.88 Å². The molecule has 106 valence electrons. The lowest BCUT2D eigenvalue weighted by molar-refractivity contribution is 0.145. The van der Waals surface area contributed by atoms with Crippen molar-refractivity contribution in [3.63, 3.8) is 0 Å². The molecule has 19 heavy (non-hydrogen) atoms. The fraction of sp³-hybridized carbons (Fsp3) is 0.800. The molecule has 1 aliphatic carbocycles.